The van der Waals surface area contributed by atoms with Crippen molar-refractivity contribution in [2.75, 3.05) is 5.32 Å². The van der Waals surface area contributed by atoms with E-state index >= 15 is 0 Å². The van der Waals surface area contributed by atoms with E-state index in [0.29, 0.717) is 17.5 Å². The number of hydrogen-bond acceptors (Lipinski definition) is 5. The predicted molar refractivity (Wildman–Crippen MR) is 61.2 cm³/mol. The summed E-state index contributed by atoms with van der Waals surface area (Å²) in [7, 11) is 0. The fraction of sp³-hybridized carbons (Fsp3) is 0.222. The minimum atomic E-state index is 0.394. The van der Waals surface area contributed by atoms with Crippen molar-refractivity contribution in [3.05, 3.63) is 33.4 Å². The Bertz CT molecular complexity index is 440. The third kappa shape index (κ3) is 2.87. The molecule has 0 aliphatic heterocycles. The summed E-state index contributed by atoms with van der Waals surface area (Å²) in [4.78, 5) is 4.33. The molecule has 0 bridgehead atoms. The van der Waals surface area contributed by atoms with Crippen LogP contribution in [0.25, 0.3) is 0 Å². The van der Waals surface area contributed by atoms with Crippen LogP contribution in [0.2, 0.25) is 5.15 Å². The van der Waals surface area contributed by atoms with Crippen molar-refractivity contribution >= 4 is 28.8 Å². The molecule has 0 aromatic carbocycles. The van der Waals surface area contributed by atoms with Crippen molar-refractivity contribution in [1.82, 2.24) is 15.2 Å². The number of nitrogens with zero attached hydrogens (tertiary/aromatic N) is 3. The summed E-state index contributed by atoms with van der Waals surface area (Å²) in [6.45, 7) is 2.64. The lowest BCUT2D eigenvalue weighted by molar-refractivity contribution is 0.981. The lowest BCUT2D eigenvalue weighted by Crippen LogP contribution is -2.02. The first-order valence-corrected chi connectivity index (χ1v) is 5.64. The second-order valence-electron chi connectivity index (χ2n) is 2.95. The molecule has 0 fully saturated rings. The van der Waals surface area contributed by atoms with Gasteiger partial charge < -0.3 is 5.32 Å². The molecule has 0 saturated heterocycles. The summed E-state index contributed by atoms with van der Waals surface area (Å²) < 4.78 is 0. The van der Waals surface area contributed by atoms with Crippen LogP contribution in [0.15, 0.2) is 17.5 Å². The molecule has 2 rings (SSSR count). The number of halogens is 1. The Kier molecular flexibility index (Phi) is 3.13. The van der Waals surface area contributed by atoms with E-state index in [4.69, 9.17) is 11.6 Å². The molecule has 2 aromatic heterocycles. The van der Waals surface area contributed by atoms with Crippen LogP contribution in [0.3, 0.4) is 0 Å². The molecule has 0 unspecified atom stereocenters. The molecule has 2 aromatic rings. The maximum Gasteiger partial charge on any atom is 0.151 e. The third-order valence-corrected chi connectivity index (χ3v) is 2.77. The van der Waals surface area contributed by atoms with Gasteiger partial charge in [0.25, 0.3) is 0 Å². The van der Waals surface area contributed by atoms with Gasteiger partial charge in [0.05, 0.1) is 17.2 Å². The second kappa shape index (κ2) is 4.55. The summed E-state index contributed by atoms with van der Waals surface area (Å²) in [6.07, 6.45) is 0. The Morgan fingerprint density at radius 1 is 1.40 bits per heavy atom. The maximum atomic E-state index is 5.62. The molecule has 0 aliphatic rings. The number of rotatable bonds is 3. The molecule has 0 amide bonds. The van der Waals surface area contributed by atoms with Gasteiger partial charge in [-0.2, -0.15) is 0 Å². The van der Waals surface area contributed by atoms with E-state index in [1.807, 2.05) is 12.3 Å². The van der Waals surface area contributed by atoms with E-state index in [1.165, 1.54) is 0 Å². The van der Waals surface area contributed by atoms with Gasteiger partial charge in [0.1, 0.15) is 5.82 Å². The van der Waals surface area contributed by atoms with E-state index in [2.05, 4.69) is 20.5 Å². The molecule has 0 aliphatic carbocycles. The number of anilines is 1. The van der Waals surface area contributed by atoms with E-state index in [-0.39, 0.29) is 0 Å². The highest BCUT2D eigenvalue weighted by Gasteiger charge is 1.99. The summed E-state index contributed by atoms with van der Waals surface area (Å²) in [5.74, 6) is 0.699. The average molecular weight is 241 g/mol. The van der Waals surface area contributed by atoms with Crippen LogP contribution in [0.1, 0.15) is 10.7 Å². The third-order valence-electron chi connectivity index (χ3n) is 1.75. The first-order chi connectivity index (χ1) is 7.24. The van der Waals surface area contributed by atoms with Crippen LogP contribution in [0.5, 0.6) is 0 Å². The highest BCUT2D eigenvalue weighted by atomic mass is 35.5. The number of nitrogens with one attached hydrogen (secondary N) is 1. The standard InChI is InChI=1S/C9H9ClN4S/c1-6-12-7(5-15-6)4-11-9-3-2-8(10)13-14-9/h2-3,5H,4H2,1H3,(H,11,14). The van der Waals surface area contributed by atoms with Crippen LogP contribution >= 0.6 is 22.9 Å². The lowest BCUT2D eigenvalue weighted by atomic mass is 10.4. The van der Waals surface area contributed by atoms with E-state index in [9.17, 15) is 0 Å². The molecule has 6 heteroatoms. The zero-order valence-corrected chi connectivity index (χ0v) is 9.64. The molecule has 1 N–H and O–H groups in total. The Morgan fingerprint density at radius 3 is 2.87 bits per heavy atom. The topological polar surface area (TPSA) is 50.7 Å². The molecule has 0 saturated carbocycles. The van der Waals surface area contributed by atoms with Gasteiger partial charge in [-0.3, -0.25) is 0 Å². The van der Waals surface area contributed by atoms with Crippen molar-refractivity contribution in [2.45, 2.75) is 13.5 Å². The number of hydrogen-bond donors (Lipinski definition) is 1. The van der Waals surface area contributed by atoms with Crippen LogP contribution in [-0.2, 0) is 6.54 Å². The minimum absolute atomic E-state index is 0.394. The zero-order chi connectivity index (χ0) is 10.7. The molecule has 0 atom stereocenters. The Morgan fingerprint density at radius 2 is 2.27 bits per heavy atom. The van der Waals surface area contributed by atoms with E-state index < -0.39 is 0 Å². The van der Waals surface area contributed by atoms with E-state index in [1.54, 1.807) is 23.5 Å². The van der Waals surface area contributed by atoms with Gasteiger partial charge in [-0.05, 0) is 19.1 Å². The molecule has 0 spiro atoms. The maximum absolute atomic E-state index is 5.62. The lowest BCUT2D eigenvalue weighted by Gasteiger charge is -2.01. The fourth-order valence-corrected chi connectivity index (χ4v) is 1.79. The van der Waals surface area contributed by atoms with Crippen LogP contribution in [-0.4, -0.2) is 15.2 Å². The van der Waals surface area contributed by atoms with Crippen LogP contribution in [0.4, 0.5) is 5.82 Å². The van der Waals surface area contributed by atoms with Gasteiger partial charge >= 0.3 is 0 Å². The minimum Gasteiger partial charge on any atom is -0.363 e. The van der Waals surface area contributed by atoms with E-state index in [0.717, 1.165) is 10.7 Å². The van der Waals surface area contributed by atoms with Gasteiger partial charge in [-0.25, -0.2) is 4.98 Å². The van der Waals surface area contributed by atoms with Gasteiger partial charge in [-0.1, -0.05) is 11.6 Å². The first kappa shape index (κ1) is 10.3. The Labute approximate surface area is 96.3 Å². The average Bonchev–Trinajstić information content (AvgIpc) is 2.64. The van der Waals surface area contributed by atoms with Crippen molar-refractivity contribution < 1.29 is 0 Å². The second-order valence-corrected chi connectivity index (χ2v) is 4.40. The summed E-state index contributed by atoms with van der Waals surface area (Å²) in [5.41, 5.74) is 1.01. The molecular weight excluding hydrogens is 232 g/mol. The number of aromatic nitrogens is 3. The molecule has 2 heterocycles. The zero-order valence-electron chi connectivity index (χ0n) is 8.07. The SMILES string of the molecule is Cc1nc(CNc2ccc(Cl)nn2)cs1. The van der Waals surface area contributed by atoms with Gasteiger partial charge in [0, 0.05) is 5.38 Å². The quantitative estimate of drug-likeness (QED) is 0.896. The van der Waals surface area contributed by atoms with Crippen LogP contribution < -0.4 is 5.32 Å². The highest BCUT2D eigenvalue weighted by molar-refractivity contribution is 7.09. The molecule has 78 valence electrons. The number of thiazole rings is 1. The largest absolute Gasteiger partial charge is 0.363 e. The van der Waals surface area contributed by atoms with Crippen molar-refractivity contribution in [2.24, 2.45) is 0 Å². The Hall–Kier alpha value is -1.20. The molecule has 4 nitrogen and oxygen atoms in total. The Balaban J connectivity index is 1.96. The molecule has 0 radical (unpaired) electrons. The summed E-state index contributed by atoms with van der Waals surface area (Å²) in [5, 5.41) is 14.2. The summed E-state index contributed by atoms with van der Waals surface area (Å²) >= 11 is 7.25. The van der Waals surface area contributed by atoms with Crippen molar-refractivity contribution in [3.8, 4) is 0 Å². The van der Waals surface area contributed by atoms with Crippen molar-refractivity contribution in [1.29, 1.82) is 0 Å². The first-order valence-electron chi connectivity index (χ1n) is 4.38. The smallest absolute Gasteiger partial charge is 0.151 e. The van der Waals surface area contributed by atoms with Gasteiger partial charge in [0.15, 0.2) is 5.15 Å². The van der Waals surface area contributed by atoms with Gasteiger partial charge in [0.2, 0.25) is 0 Å². The molecule has 15 heavy (non-hydrogen) atoms. The summed E-state index contributed by atoms with van der Waals surface area (Å²) in [6, 6.07) is 3.48. The van der Waals surface area contributed by atoms with Crippen LogP contribution in [0, 0.1) is 6.92 Å². The van der Waals surface area contributed by atoms with Gasteiger partial charge in [-0.15, -0.1) is 21.5 Å². The monoisotopic (exact) mass is 240 g/mol. The number of aryl methyl sites for hydroxylation is 1. The predicted octanol–water partition coefficient (Wildman–Crippen LogP) is 2.51. The normalized spacial score (nSPS) is 10.3. The van der Waals surface area contributed by atoms with Crippen molar-refractivity contribution in [3.63, 3.8) is 0 Å². The fourth-order valence-electron chi connectivity index (χ4n) is 1.08. The highest BCUT2D eigenvalue weighted by Crippen LogP contribution is 2.10. The molecular formula is C9H9ClN4S.